The Morgan fingerprint density at radius 1 is 0.842 bits per heavy atom. The highest BCUT2D eigenvalue weighted by molar-refractivity contribution is 5.25. The van der Waals surface area contributed by atoms with Crippen LogP contribution in [0.4, 0.5) is 0 Å². The van der Waals surface area contributed by atoms with Gasteiger partial charge >= 0.3 is 0 Å². The van der Waals surface area contributed by atoms with Gasteiger partial charge in [-0.3, -0.25) is 10.9 Å². The normalized spacial score (nSPS) is 10.6. The maximum Gasteiger partial charge on any atom is 0.0353 e. The van der Waals surface area contributed by atoms with Gasteiger partial charge in [0.05, 0.1) is 0 Å². The van der Waals surface area contributed by atoms with Crippen molar-refractivity contribution in [2.45, 2.75) is 26.8 Å². The second kappa shape index (κ2) is 7.07. The zero-order valence-corrected chi connectivity index (χ0v) is 11.7. The van der Waals surface area contributed by atoms with Gasteiger partial charge in [0.2, 0.25) is 0 Å². The van der Waals surface area contributed by atoms with Crippen LogP contribution in [0.15, 0.2) is 48.5 Å². The van der Waals surface area contributed by atoms with Gasteiger partial charge in [-0.25, -0.2) is 0 Å². The van der Waals surface area contributed by atoms with Gasteiger partial charge in [-0.15, -0.1) is 0 Å². The molecular formula is C17H22N2. The summed E-state index contributed by atoms with van der Waals surface area (Å²) in [7, 11) is 0. The molecule has 2 heteroatoms. The summed E-state index contributed by atoms with van der Waals surface area (Å²) < 4.78 is 0. The first-order valence-electron chi connectivity index (χ1n) is 6.81. The first-order chi connectivity index (χ1) is 9.25. The summed E-state index contributed by atoms with van der Waals surface area (Å²) in [6.45, 7) is 6.06. The van der Waals surface area contributed by atoms with Crippen LogP contribution in [0.25, 0.3) is 0 Å². The molecule has 2 nitrogen and oxygen atoms in total. The van der Waals surface area contributed by atoms with E-state index in [9.17, 15) is 0 Å². The van der Waals surface area contributed by atoms with Gasteiger partial charge in [-0.05, 0) is 37.0 Å². The molecule has 0 aliphatic carbocycles. The van der Waals surface area contributed by atoms with Crippen molar-refractivity contribution in [2.75, 3.05) is 6.54 Å². The van der Waals surface area contributed by atoms with Gasteiger partial charge < -0.3 is 0 Å². The molecule has 100 valence electrons. The van der Waals surface area contributed by atoms with E-state index in [2.05, 4.69) is 73.2 Å². The number of hydrazine groups is 1. The molecule has 2 aromatic carbocycles. The first-order valence-corrected chi connectivity index (χ1v) is 6.81. The molecule has 0 heterocycles. The zero-order valence-electron chi connectivity index (χ0n) is 11.7. The van der Waals surface area contributed by atoms with Crippen molar-refractivity contribution in [3.05, 3.63) is 70.8 Å². The third kappa shape index (κ3) is 4.51. The van der Waals surface area contributed by atoms with Crippen molar-refractivity contribution in [1.29, 1.82) is 0 Å². The van der Waals surface area contributed by atoms with Crippen molar-refractivity contribution < 1.29 is 0 Å². The molecule has 0 saturated carbocycles. The SMILES string of the molecule is Cc1ccc(CCNNCc2ccccc2C)cc1. The van der Waals surface area contributed by atoms with E-state index in [4.69, 9.17) is 0 Å². The van der Waals surface area contributed by atoms with E-state index in [1.807, 2.05) is 0 Å². The number of hydrogen-bond donors (Lipinski definition) is 2. The molecule has 19 heavy (non-hydrogen) atoms. The van der Waals surface area contributed by atoms with Gasteiger partial charge in [-0.2, -0.15) is 0 Å². The molecule has 2 rings (SSSR count). The third-order valence-electron chi connectivity index (χ3n) is 3.32. The third-order valence-corrected chi connectivity index (χ3v) is 3.32. The molecule has 0 bridgehead atoms. The Morgan fingerprint density at radius 3 is 2.32 bits per heavy atom. The Balaban J connectivity index is 1.67. The highest BCUT2D eigenvalue weighted by atomic mass is 15.3. The molecule has 0 spiro atoms. The average Bonchev–Trinajstić information content (AvgIpc) is 2.42. The van der Waals surface area contributed by atoms with Gasteiger partial charge in [0.15, 0.2) is 0 Å². The first kappa shape index (κ1) is 13.8. The Morgan fingerprint density at radius 2 is 1.58 bits per heavy atom. The minimum Gasteiger partial charge on any atom is -0.257 e. The summed E-state index contributed by atoms with van der Waals surface area (Å²) in [5.41, 5.74) is 11.9. The number of nitrogens with one attached hydrogen (secondary N) is 2. The highest BCUT2D eigenvalue weighted by Crippen LogP contribution is 2.05. The molecule has 2 aromatic rings. The summed E-state index contributed by atoms with van der Waals surface area (Å²) in [5, 5.41) is 0. The minimum absolute atomic E-state index is 0.862. The van der Waals surface area contributed by atoms with E-state index in [-0.39, 0.29) is 0 Å². The van der Waals surface area contributed by atoms with Crippen molar-refractivity contribution in [2.24, 2.45) is 0 Å². The van der Waals surface area contributed by atoms with E-state index in [0.29, 0.717) is 0 Å². The van der Waals surface area contributed by atoms with Crippen LogP contribution in [0.3, 0.4) is 0 Å². The van der Waals surface area contributed by atoms with Crippen LogP contribution in [0.1, 0.15) is 22.3 Å². The van der Waals surface area contributed by atoms with Crippen LogP contribution in [-0.4, -0.2) is 6.54 Å². The zero-order chi connectivity index (χ0) is 13.5. The lowest BCUT2D eigenvalue weighted by molar-refractivity contribution is 0.532. The fourth-order valence-electron chi connectivity index (χ4n) is 2.02. The van der Waals surface area contributed by atoms with Gasteiger partial charge in [0, 0.05) is 13.1 Å². The lowest BCUT2D eigenvalue weighted by Gasteiger charge is -2.09. The van der Waals surface area contributed by atoms with E-state index in [1.54, 1.807) is 0 Å². The number of aryl methyl sites for hydroxylation is 2. The van der Waals surface area contributed by atoms with Crippen LogP contribution in [0.2, 0.25) is 0 Å². The van der Waals surface area contributed by atoms with Crippen molar-refractivity contribution in [3.63, 3.8) is 0 Å². The van der Waals surface area contributed by atoms with Gasteiger partial charge in [0.1, 0.15) is 0 Å². The predicted molar refractivity (Wildman–Crippen MR) is 80.9 cm³/mol. The smallest absolute Gasteiger partial charge is 0.0353 e. The fraction of sp³-hybridized carbons (Fsp3) is 0.294. The molecule has 2 N–H and O–H groups in total. The molecule has 0 aliphatic heterocycles. The van der Waals surface area contributed by atoms with Crippen molar-refractivity contribution in [1.82, 2.24) is 10.9 Å². The second-order valence-electron chi connectivity index (χ2n) is 4.94. The van der Waals surface area contributed by atoms with E-state index in [1.165, 1.54) is 22.3 Å². The summed E-state index contributed by atoms with van der Waals surface area (Å²) in [6, 6.07) is 17.2. The van der Waals surface area contributed by atoms with Crippen LogP contribution in [-0.2, 0) is 13.0 Å². The largest absolute Gasteiger partial charge is 0.257 e. The fourth-order valence-corrected chi connectivity index (χ4v) is 2.02. The standard InChI is InChI=1S/C17H22N2/c1-14-7-9-16(10-8-14)11-12-18-19-13-17-6-4-3-5-15(17)2/h3-10,18-19H,11-13H2,1-2H3. The van der Waals surface area contributed by atoms with Crippen LogP contribution in [0, 0.1) is 13.8 Å². The molecule has 0 amide bonds. The van der Waals surface area contributed by atoms with Crippen LogP contribution < -0.4 is 10.9 Å². The lowest BCUT2D eigenvalue weighted by Crippen LogP contribution is -2.33. The number of rotatable bonds is 6. The van der Waals surface area contributed by atoms with Crippen molar-refractivity contribution in [3.8, 4) is 0 Å². The molecule has 0 unspecified atom stereocenters. The molecule has 0 fully saturated rings. The van der Waals surface area contributed by atoms with E-state index >= 15 is 0 Å². The van der Waals surface area contributed by atoms with Crippen molar-refractivity contribution >= 4 is 0 Å². The summed E-state index contributed by atoms with van der Waals surface area (Å²) in [5.74, 6) is 0. The Kier molecular flexibility index (Phi) is 5.13. The Labute approximate surface area is 115 Å². The van der Waals surface area contributed by atoms with Crippen LogP contribution in [0.5, 0.6) is 0 Å². The summed E-state index contributed by atoms with van der Waals surface area (Å²) in [6.07, 6.45) is 1.04. The summed E-state index contributed by atoms with van der Waals surface area (Å²) in [4.78, 5) is 0. The molecule has 0 radical (unpaired) electrons. The monoisotopic (exact) mass is 254 g/mol. The predicted octanol–water partition coefficient (Wildman–Crippen LogP) is 3.14. The molecule has 0 aromatic heterocycles. The average molecular weight is 254 g/mol. The van der Waals surface area contributed by atoms with E-state index in [0.717, 1.165) is 19.5 Å². The molecule has 0 saturated heterocycles. The number of benzene rings is 2. The number of hydrogen-bond acceptors (Lipinski definition) is 2. The summed E-state index contributed by atoms with van der Waals surface area (Å²) >= 11 is 0. The lowest BCUT2D eigenvalue weighted by atomic mass is 10.1. The highest BCUT2D eigenvalue weighted by Gasteiger charge is 1.96. The molecule has 0 aliphatic rings. The Hall–Kier alpha value is -1.64. The topological polar surface area (TPSA) is 24.1 Å². The minimum atomic E-state index is 0.862. The molecule has 0 atom stereocenters. The molecular weight excluding hydrogens is 232 g/mol. The van der Waals surface area contributed by atoms with Crippen LogP contribution >= 0.6 is 0 Å². The quantitative estimate of drug-likeness (QED) is 0.611. The second-order valence-corrected chi connectivity index (χ2v) is 4.94. The Bertz CT molecular complexity index is 503. The van der Waals surface area contributed by atoms with Gasteiger partial charge in [-0.1, -0.05) is 54.1 Å². The van der Waals surface area contributed by atoms with Gasteiger partial charge in [0.25, 0.3) is 0 Å². The van der Waals surface area contributed by atoms with E-state index < -0.39 is 0 Å². The maximum atomic E-state index is 3.27. The maximum absolute atomic E-state index is 3.27.